The Morgan fingerprint density at radius 1 is 1.11 bits per heavy atom. The Kier molecular flexibility index (Phi) is 6.70. The van der Waals surface area contributed by atoms with Crippen LogP contribution in [0.3, 0.4) is 0 Å². The Labute approximate surface area is 115 Å². The molecule has 1 rings (SSSR count). The van der Waals surface area contributed by atoms with E-state index in [4.69, 9.17) is 0 Å². The van der Waals surface area contributed by atoms with Crippen LogP contribution in [0.5, 0.6) is 0 Å². The van der Waals surface area contributed by atoms with Gasteiger partial charge in [0.05, 0.1) is 0 Å². The van der Waals surface area contributed by atoms with Gasteiger partial charge in [-0.3, -0.25) is 0 Å². The van der Waals surface area contributed by atoms with Crippen molar-refractivity contribution in [2.45, 2.75) is 85.6 Å². The molecule has 1 atom stereocenters. The van der Waals surface area contributed by atoms with Crippen LogP contribution < -0.4 is 5.32 Å². The van der Waals surface area contributed by atoms with Crippen LogP contribution in [0, 0.1) is 17.3 Å². The molecule has 1 saturated carbocycles. The summed E-state index contributed by atoms with van der Waals surface area (Å²) in [6.07, 6.45) is 9.84. The first-order valence-corrected chi connectivity index (χ1v) is 8.23. The van der Waals surface area contributed by atoms with E-state index in [0.717, 1.165) is 11.8 Å². The predicted molar refractivity (Wildman–Crippen MR) is 81.9 cm³/mol. The van der Waals surface area contributed by atoms with Crippen LogP contribution in [0.2, 0.25) is 0 Å². The third-order valence-electron chi connectivity index (χ3n) is 5.10. The SMILES string of the molecule is CCCNC(C)CC(C)(C)C1CCC(CC)CC1. The zero-order valence-electron chi connectivity index (χ0n) is 13.4. The lowest BCUT2D eigenvalue weighted by Gasteiger charge is -2.41. The molecule has 0 aliphatic heterocycles. The van der Waals surface area contributed by atoms with Crippen molar-refractivity contribution in [2.24, 2.45) is 17.3 Å². The van der Waals surface area contributed by atoms with Crippen LogP contribution in [-0.2, 0) is 0 Å². The third kappa shape index (κ3) is 4.91. The minimum absolute atomic E-state index is 0.513. The number of nitrogens with one attached hydrogen (secondary N) is 1. The predicted octanol–water partition coefficient (Wildman–Crippen LogP) is 5.01. The lowest BCUT2D eigenvalue weighted by atomic mass is 9.66. The lowest BCUT2D eigenvalue weighted by molar-refractivity contribution is 0.111. The Balaban J connectivity index is 2.38. The minimum Gasteiger partial charge on any atom is -0.314 e. The zero-order chi connectivity index (χ0) is 13.6. The topological polar surface area (TPSA) is 12.0 Å². The molecule has 0 radical (unpaired) electrons. The monoisotopic (exact) mass is 253 g/mol. The van der Waals surface area contributed by atoms with E-state index in [1.54, 1.807) is 0 Å². The van der Waals surface area contributed by atoms with E-state index >= 15 is 0 Å². The molecule has 1 unspecified atom stereocenters. The highest BCUT2D eigenvalue weighted by molar-refractivity contribution is 4.85. The first-order chi connectivity index (χ1) is 8.49. The van der Waals surface area contributed by atoms with E-state index in [2.05, 4.69) is 39.9 Å². The molecule has 1 nitrogen and oxygen atoms in total. The van der Waals surface area contributed by atoms with Crippen molar-refractivity contribution >= 4 is 0 Å². The minimum atomic E-state index is 0.513. The van der Waals surface area contributed by atoms with Gasteiger partial charge in [-0.05, 0) is 56.4 Å². The van der Waals surface area contributed by atoms with Crippen molar-refractivity contribution in [3.63, 3.8) is 0 Å². The highest BCUT2D eigenvalue weighted by atomic mass is 14.9. The van der Waals surface area contributed by atoms with E-state index in [9.17, 15) is 0 Å². The van der Waals surface area contributed by atoms with Gasteiger partial charge < -0.3 is 5.32 Å². The molecule has 0 bridgehead atoms. The second-order valence-corrected chi connectivity index (χ2v) is 7.17. The molecule has 18 heavy (non-hydrogen) atoms. The van der Waals surface area contributed by atoms with Gasteiger partial charge in [-0.15, -0.1) is 0 Å². The second-order valence-electron chi connectivity index (χ2n) is 7.17. The molecule has 1 N–H and O–H groups in total. The lowest BCUT2D eigenvalue weighted by Crippen LogP contribution is -2.36. The third-order valence-corrected chi connectivity index (χ3v) is 5.10. The van der Waals surface area contributed by atoms with Gasteiger partial charge in [0.25, 0.3) is 0 Å². The summed E-state index contributed by atoms with van der Waals surface area (Å²) in [5.41, 5.74) is 0.513. The summed E-state index contributed by atoms with van der Waals surface area (Å²) in [5, 5.41) is 3.65. The zero-order valence-corrected chi connectivity index (χ0v) is 13.4. The van der Waals surface area contributed by atoms with Crippen LogP contribution in [0.25, 0.3) is 0 Å². The average molecular weight is 253 g/mol. The van der Waals surface area contributed by atoms with Gasteiger partial charge in [-0.25, -0.2) is 0 Å². The molecule has 108 valence electrons. The smallest absolute Gasteiger partial charge is 0.00439 e. The fraction of sp³-hybridized carbons (Fsp3) is 1.00. The van der Waals surface area contributed by atoms with Crippen molar-refractivity contribution < 1.29 is 0 Å². The van der Waals surface area contributed by atoms with Crippen LogP contribution in [0.15, 0.2) is 0 Å². The first-order valence-electron chi connectivity index (χ1n) is 8.23. The summed E-state index contributed by atoms with van der Waals surface area (Å²) in [6.45, 7) is 13.1. The van der Waals surface area contributed by atoms with Crippen molar-refractivity contribution in [1.82, 2.24) is 5.32 Å². The van der Waals surface area contributed by atoms with Crippen LogP contribution in [0.4, 0.5) is 0 Å². The highest BCUT2D eigenvalue weighted by Gasteiger charge is 2.33. The van der Waals surface area contributed by atoms with Crippen LogP contribution in [0.1, 0.15) is 79.6 Å². The average Bonchev–Trinajstić information content (AvgIpc) is 2.36. The molecule has 1 heteroatoms. The molecule has 0 heterocycles. The molecular weight excluding hydrogens is 218 g/mol. The molecular formula is C17H35N. The largest absolute Gasteiger partial charge is 0.314 e. The standard InChI is InChI=1S/C17H35N/c1-6-12-18-14(3)13-17(4,5)16-10-8-15(7-2)9-11-16/h14-16,18H,6-13H2,1-5H3. The van der Waals surface area contributed by atoms with Crippen molar-refractivity contribution in [3.8, 4) is 0 Å². The molecule has 0 aromatic carbocycles. The van der Waals surface area contributed by atoms with Crippen LogP contribution in [-0.4, -0.2) is 12.6 Å². The Bertz CT molecular complexity index is 214. The second kappa shape index (κ2) is 7.53. The van der Waals surface area contributed by atoms with Crippen LogP contribution >= 0.6 is 0 Å². The van der Waals surface area contributed by atoms with E-state index in [1.165, 1.54) is 51.5 Å². The summed E-state index contributed by atoms with van der Waals surface area (Å²) in [6, 6.07) is 0.670. The number of hydrogen-bond donors (Lipinski definition) is 1. The summed E-state index contributed by atoms with van der Waals surface area (Å²) in [5.74, 6) is 1.97. The fourth-order valence-corrected chi connectivity index (χ4v) is 3.77. The maximum absolute atomic E-state index is 3.65. The molecule has 0 amide bonds. The summed E-state index contributed by atoms with van der Waals surface area (Å²) in [4.78, 5) is 0. The molecule has 0 aromatic heterocycles. The van der Waals surface area contributed by atoms with E-state index in [0.29, 0.717) is 11.5 Å². The molecule has 0 saturated heterocycles. The highest BCUT2D eigenvalue weighted by Crippen LogP contribution is 2.43. The Morgan fingerprint density at radius 2 is 1.72 bits per heavy atom. The van der Waals surface area contributed by atoms with Gasteiger partial charge in [0.15, 0.2) is 0 Å². The normalized spacial score (nSPS) is 27.2. The molecule has 0 aromatic rings. The van der Waals surface area contributed by atoms with Gasteiger partial charge in [0.2, 0.25) is 0 Å². The van der Waals surface area contributed by atoms with E-state index < -0.39 is 0 Å². The first kappa shape index (κ1) is 16.0. The van der Waals surface area contributed by atoms with Crippen molar-refractivity contribution in [1.29, 1.82) is 0 Å². The number of rotatable bonds is 7. The maximum Gasteiger partial charge on any atom is 0.00439 e. The quantitative estimate of drug-likeness (QED) is 0.672. The van der Waals surface area contributed by atoms with Crippen molar-refractivity contribution in [2.75, 3.05) is 6.54 Å². The van der Waals surface area contributed by atoms with Gasteiger partial charge in [0, 0.05) is 6.04 Å². The molecule has 1 fully saturated rings. The van der Waals surface area contributed by atoms with E-state index in [1.807, 2.05) is 0 Å². The summed E-state index contributed by atoms with van der Waals surface area (Å²) >= 11 is 0. The summed E-state index contributed by atoms with van der Waals surface area (Å²) in [7, 11) is 0. The van der Waals surface area contributed by atoms with Crippen molar-refractivity contribution in [3.05, 3.63) is 0 Å². The molecule has 1 aliphatic rings. The molecule has 0 spiro atoms. The number of hydrogen-bond acceptors (Lipinski definition) is 1. The fourth-order valence-electron chi connectivity index (χ4n) is 3.77. The summed E-state index contributed by atoms with van der Waals surface area (Å²) < 4.78 is 0. The maximum atomic E-state index is 3.65. The van der Waals surface area contributed by atoms with Gasteiger partial charge >= 0.3 is 0 Å². The Morgan fingerprint density at radius 3 is 2.22 bits per heavy atom. The molecule has 1 aliphatic carbocycles. The van der Waals surface area contributed by atoms with Gasteiger partial charge in [-0.1, -0.05) is 47.0 Å². The Hall–Kier alpha value is -0.0400. The van der Waals surface area contributed by atoms with Gasteiger partial charge in [0.1, 0.15) is 0 Å². The van der Waals surface area contributed by atoms with Gasteiger partial charge in [-0.2, -0.15) is 0 Å². The van der Waals surface area contributed by atoms with E-state index in [-0.39, 0.29) is 0 Å².